The van der Waals surface area contributed by atoms with Crippen molar-refractivity contribution in [1.29, 1.82) is 0 Å². The lowest BCUT2D eigenvalue weighted by atomic mass is 10.0. The summed E-state index contributed by atoms with van der Waals surface area (Å²) in [6, 6.07) is 19.9. The normalized spacial score (nSPS) is 12.3. The van der Waals surface area contributed by atoms with Crippen molar-refractivity contribution in [2.45, 2.75) is 52.0 Å². The third-order valence-electron chi connectivity index (χ3n) is 5.90. The van der Waals surface area contributed by atoms with Crippen molar-refractivity contribution in [2.24, 2.45) is 0 Å². The number of carbonyl (C=O) groups excluding carboxylic acids is 1. The van der Waals surface area contributed by atoms with Crippen LogP contribution in [0.15, 0.2) is 71.6 Å². The first-order chi connectivity index (χ1) is 15.6. The lowest BCUT2D eigenvalue weighted by molar-refractivity contribution is -0.120. The average Bonchev–Trinajstić information content (AvgIpc) is 2.78. The van der Waals surface area contributed by atoms with E-state index in [0.717, 1.165) is 27.8 Å². The maximum absolute atomic E-state index is 13.6. The lowest BCUT2D eigenvalue weighted by Crippen LogP contribution is -2.42. The highest BCUT2D eigenvalue weighted by atomic mass is 32.2. The topological polar surface area (TPSA) is 66.5 Å². The summed E-state index contributed by atoms with van der Waals surface area (Å²) in [5.41, 5.74) is 5.59. The quantitative estimate of drug-likeness (QED) is 0.486. The summed E-state index contributed by atoms with van der Waals surface area (Å²) in [5, 5.41) is 3.02. The zero-order valence-electron chi connectivity index (χ0n) is 19.9. The summed E-state index contributed by atoms with van der Waals surface area (Å²) < 4.78 is 28.4. The first kappa shape index (κ1) is 24.5. The fourth-order valence-corrected chi connectivity index (χ4v) is 5.04. The van der Waals surface area contributed by atoms with Crippen LogP contribution in [0.2, 0.25) is 0 Å². The number of amides is 1. The highest BCUT2D eigenvalue weighted by molar-refractivity contribution is 7.92. The minimum absolute atomic E-state index is 0.157. The van der Waals surface area contributed by atoms with Crippen molar-refractivity contribution in [1.82, 2.24) is 5.32 Å². The Balaban J connectivity index is 1.93. The Morgan fingerprint density at radius 1 is 0.848 bits per heavy atom. The van der Waals surface area contributed by atoms with Crippen LogP contribution in [0.3, 0.4) is 0 Å². The van der Waals surface area contributed by atoms with Crippen molar-refractivity contribution >= 4 is 21.6 Å². The number of nitrogens with zero attached hydrogens (tertiary/aromatic N) is 1. The summed E-state index contributed by atoms with van der Waals surface area (Å²) in [6.07, 6.45) is 0.698. The van der Waals surface area contributed by atoms with Gasteiger partial charge in [0.15, 0.2) is 0 Å². The van der Waals surface area contributed by atoms with Gasteiger partial charge in [0.2, 0.25) is 5.91 Å². The second kappa shape index (κ2) is 10.2. The van der Waals surface area contributed by atoms with Crippen molar-refractivity contribution in [3.05, 3.63) is 94.5 Å². The van der Waals surface area contributed by atoms with Crippen molar-refractivity contribution < 1.29 is 13.2 Å². The lowest BCUT2D eigenvalue weighted by Gasteiger charge is -2.26. The Hall–Kier alpha value is -3.12. The summed E-state index contributed by atoms with van der Waals surface area (Å²) in [6.45, 7) is 9.51. The van der Waals surface area contributed by atoms with Gasteiger partial charge in [0, 0.05) is 0 Å². The van der Waals surface area contributed by atoms with Gasteiger partial charge in [0.1, 0.15) is 6.54 Å². The molecular weight excluding hydrogens is 432 g/mol. The number of aryl methyl sites for hydroxylation is 4. The largest absolute Gasteiger partial charge is 0.348 e. The molecule has 174 valence electrons. The molecule has 3 aromatic rings. The zero-order chi connectivity index (χ0) is 24.2. The molecule has 0 bridgehead atoms. The first-order valence-corrected chi connectivity index (χ1v) is 12.6. The van der Waals surface area contributed by atoms with Crippen molar-refractivity contribution in [3.8, 4) is 0 Å². The summed E-state index contributed by atoms with van der Waals surface area (Å²) in [5.74, 6) is -0.351. The summed E-state index contributed by atoms with van der Waals surface area (Å²) in [7, 11) is -3.94. The van der Waals surface area contributed by atoms with Crippen LogP contribution < -0.4 is 9.62 Å². The Morgan fingerprint density at radius 2 is 1.42 bits per heavy atom. The third-order valence-corrected chi connectivity index (χ3v) is 7.69. The number of nitrogens with one attached hydrogen (secondary N) is 1. The second-order valence-corrected chi connectivity index (χ2v) is 10.4. The molecule has 0 aliphatic carbocycles. The molecule has 0 saturated heterocycles. The molecule has 3 aromatic carbocycles. The van der Waals surface area contributed by atoms with Crippen LogP contribution in [0.4, 0.5) is 5.69 Å². The molecule has 0 aliphatic rings. The van der Waals surface area contributed by atoms with E-state index < -0.39 is 10.0 Å². The second-order valence-electron chi connectivity index (χ2n) is 8.53. The first-order valence-electron chi connectivity index (χ1n) is 11.1. The molecule has 0 radical (unpaired) electrons. The van der Waals surface area contributed by atoms with E-state index in [4.69, 9.17) is 0 Å². The minimum atomic E-state index is -3.94. The predicted octanol–water partition coefficient (Wildman–Crippen LogP) is 5.38. The highest BCUT2D eigenvalue weighted by Gasteiger charge is 2.28. The van der Waals surface area contributed by atoms with Crippen LogP contribution in [-0.4, -0.2) is 20.9 Å². The van der Waals surface area contributed by atoms with Crippen LogP contribution in [0.5, 0.6) is 0 Å². The van der Waals surface area contributed by atoms with Gasteiger partial charge in [-0.3, -0.25) is 9.10 Å². The van der Waals surface area contributed by atoms with E-state index in [9.17, 15) is 13.2 Å². The van der Waals surface area contributed by atoms with Gasteiger partial charge in [-0.1, -0.05) is 60.5 Å². The molecule has 0 aliphatic heterocycles. The summed E-state index contributed by atoms with van der Waals surface area (Å²) >= 11 is 0. The van der Waals surface area contributed by atoms with E-state index >= 15 is 0 Å². The van der Waals surface area contributed by atoms with Gasteiger partial charge in [-0.25, -0.2) is 8.42 Å². The van der Waals surface area contributed by atoms with Gasteiger partial charge in [-0.05, 0) is 75.1 Å². The molecule has 0 aromatic heterocycles. The molecule has 33 heavy (non-hydrogen) atoms. The molecule has 0 heterocycles. The van der Waals surface area contributed by atoms with E-state index in [0.29, 0.717) is 12.1 Å². The SMILES string of the molecule is CC[C@@H](NC(=O)CN(c1ccc(C)c(C)c1)S(=O)(=O)c1ccc(C)cc1)c1ccc(C)cc1. The maximum Gasteiger partial charge on any atom is 0.264 e. The Bertz CT molecular complexity index is 1220. The minimum Gasteiger partial charge on any atom is -0.348 e. The van der Waals surface area contributed by atoms with Gasteiger partial charge < -0.3 is 5.32 Å². The molecule has 3 rings (SSSR count). The van der Waals surface area contributed by atoms with Gasteiger partial charge in [0.25, 0.3) is 10.0 Å². The molecule has 0 saturated carbocycles. The number of hydrogen-bond acceptors (Lipinski definition) is 3. The highest BCUT2D eigenvalue weighted by Crippen LogP contribution is 2.26. The smallest absolute Gasteiger partial charge is 0.264 e. The molecular formula is C27H32N2O3S. The fraction of sp³-hybridized carbons (Fsp3) is 0.296. The van der Waals surface area contributed by atoms with Crippen LogP contribution in [-0.2, 0) is 14.8 Å². The molecule has 0 unspecified atom stereocenters. The Labute approximate surface area is 197 Å². The zero-order valence-corrected chi connectivity index (χ0v) is 20.7. The average molecular weight is 465 g/mol. The van der Waals surface area contributed by atoms with Gasteiger partial charge >= 0.3 is 0 Å². The van der Waals surface area contributed by atoms with Crippen LogP contribution in [0.25, 0.3) is 0 Å². The Kier molecular flexibility index (Phi) is 7.59. The standard InChI is InChI=1S/C27H32N2O3S/c1-6-26(23-12-7-19(2)8-13-23)28-27(30)18-29(24-14-11-21(4)22(5)17-24)33(31,32)25-15-9-20(3)10-16-25/h7-17,26H,6,18H2,1-5H3,(H,28,30)/t26-/m1/s1. The molecule has 1 amide bonds. The monoisotopic (exact) mass is 464 g/mol. The van der Waals surface area contributed by atoms with E-state index in [2.05, 4.69) is 5.32 Å². The molecule has 0 fully saturated rings. The van der Waals surface area contributed by atoms with Gasteiger partial charge in [0.05, 0.1) is 16.6 Å². The predicted molar refractivity (Wildman–Crippen MR) is 134 cm³/mol. The van der Waals surface area contributed by atoms with Crippen molar-refractivity contribution in [3.63, 3.8) is 0 Å². The van der Waals surface area contributed by atoms with E-state index in [1.807, 2.05) is 71.0 Å². The van der Waals surface area contributed by atoms with E-state index in [1.165, 1.54) is 4.31 Å². The number of sulfonamides is 1. The van der Waals surface area contributed by atoms with Crippen LogP contribution in [0, 0.1) is 27.7 Å². The third kappa shape index (κ3) is 5.82. The van der Waals surface area contributed by atoms with Crippen LogP contribution >= 0.6 is 0 Å². The van der Waals surface area contributed by atoms with Crippen LogP contribution in [0.1, 0.15) is 47.2 Å². The molecule has 5 nitrogen and oxygen atoms in total. The van der Waals surface area contributed by atoms with E-state index in [1.54, 1.807) is 30.3 Å². The molecule has 1 N–H and O–H groups in total. The molecule has 1 atom stereocenters. The molecule has 6 heteroatoms. The maximum atomic E-state index is 13.6. The molecule has 0 spiro atoms. The van der Waals surface area contributed by atoms with Gasteiger partial charge in [-0.2, -0.15) is 0 Å². The van der Waals surface area contributed by atoms with Crippen molar-refractivity contribution in [2.75, 3.05) is 10.8 Å². The Morgan fingerprint density at radius 3 is 1.97 bits per heavy atom. The number of rotatable bonds is 8. The number of benzene rings is 3. The van der Waals surface area contributed by atoms with Gasteiger partial charge in [-0.15, -0.1) is 0 Å². The summed E-state index contributed by atoms with van der Waals surface area (Å²) in [4.78, 5) is 13.3. The number of anilines is 1. The number of hydrogen-bond donors (Lipinski definition) is 1. The number of carbonyl (C=O) groups is 1. The fourth-order valence-electron chi connectivity index (χ4n) is 3.62. The van der Waals surface area contributed by atoms with E-state index in [-0.39, 0.29) is 23.4 Å².